The summed E-state index contributed by atoms with van der Waals surface area (Å²) >= 11 is 0. The first-order valence-electron chi connectivity index (χ1n) is 6.90. The highest BCUT2D eigenvalue weighted by molar-refractivity contribution is 5.31. The zero-order valence-electron chi connectivity index (χ0n) is 11.4. The molecule has 100 valence electrons. The van der Waals surface area contributed by atoms with Gasteiger partial charge >= 0.3 is 0 Å². The summed E-state index contributed by atoms with van der Waals surface area (Å²) in [6, 6.07) is 9.32. The summed E-state index contributed by atoms with van der Waals surface area (Å²) in [5.41, 5.74) is 7.29. The third-order valence-corrected chi connectivity index (χ3v) is 4.00. The molecule has 0 aromatic heterocycles. The molecule has 0 amide bonds. The second kappa shape index (κ2) is 6.21. The van der Waals surface area contributed by atoms with Gasteiger partial charge in [0.05, 0.1) is 7.11 Å². The van der Waals surface area contributed by atoms with Crippen molar-refractivity contribution in [3.63, 3.8) is 0 Å². The summed E-state index contributed by atoms with van der Waals surface area (Å²) in [5.74, 6) is 0.915. The highest BCUT2D eigenvalue weighted by Gasteiger charge is 2.29. The lowest BCUT2D eigenvalue weighted by molar-refractivity contribution is 0.180. The van der Waals surface area contributed by atoms with E-state index in [0.29, 0.717) is 18.6 Å². The van der Waals surface area contributed by atoms with Gasteiger partial charge in [-0.15, -0.1) is 0 Å². The van der Waals surface area contributed by atoms with Crippen LogP contribution >= 0.6 is 0 Å². The molecule has 1 aromatic carbocycles. The van der Waals surface area contributed by atoms with Crippen LogP contribution in [0.1, 0.15) is 37.8 Å². The number of benzene rings is 1. The summed E-state index contributed by atoms with van der Waals surface area (Å²) in [6.07, 6.45) is 3.80. The van der Waals surface area contributed by atoms with Crippen molar-refractivity contribution in [2.24, 2.45) is 5.73 Å². The molecule has 2 atom stereocenters. The van der Waals surface area contributed by atoms with Crippen LogP contribution in [0, 0.1) is 0 Å². The van der Waals surface area contributed by atoms with Crippen LogP contribution in [0.25, 0.3) is 0 Å². The number of rotatable bonds is 5. The minimum atomic E-state index is 0.326. The summed E-state index contributed by atoms with van der Waals surface area (Å²) in [6.45, 7) is 4.10. The van der Waals surface area contributed by atoms with Crippen molar-refractivity contribution in [2.75, 3.05) is 20.2 Å². The second-order valence-electron chi connectivity index (χ2n) is 4.97. The van der Waals surface area contributed by atoms with E-state index >= 15 is 0 Å². The van der Waals surface area contributed by atoms with Gasteiger partial charge in [0.15, 0.2) is 0 Å². The van der Waals surface area contributed by atoms with Gasteiger partial charge in [-0.2, -0.15) is 0 Å². The Balaban J connectivity index is 2.21. The van der Waals surface area contributed by atoms with E-state index in [2.05, 4.69) is 24.0 Å². The van der Waals surface area contributed by atoms with E-state index in [1.165, 1.54) is 24.8 Å². The molecule has 0 radical (unpaired) electrons. The SMILES string of the molecule is CCC1CCCN1C(CN)c1cccc(OC)c1. The molecule has 0 aliphatic carbocycles. The standard InChI is InChI=1S/C15H24N2O/c1-3-13-7-5-9-17(13)15(11-16)12-6-4-8-14(10-12)18-2/h4,6,8,10,13,15H,3,5,7,9,11,16H2,1-2H3. The first-order chi connectivity index (χ1) is 8.80. The lowest BCUT2D eigenvalue weighted by Gasteiger charge is -2.32. The maximum absolute atomic E-state index is 6.01. The Kier molecular flexibility index (Phi) is 4.61. The third kappa shape index (κ3) is 2.68. The monoisotopic (exact) mass is 248 g/mol. The van der Waals surface area contributed by atoms with Crippen molar-refractivity contribution in [1.29, 1.82) is 0 Å². The first-order valence-corrected chi connectivity index (χ1v) is 6.90. The highest BCUT2D eigenvalue weighted by atomic mass is 16.5. The molecule has 1 saturated heterocycles. The lowest BCUT2D eigenvalue weighted by atomic mass is 10.0. The van der Waals surface area contributed by atoms with Crippen molar-refractivity contribution in [3.05, 3.63) is 29.8 Å². The number of methoxy groups -OCH3 is 1. The van der Waals surface area contributed by atoms with E-state index in [-0.39, 0.29) is 0 Å². The second-order valence-corrected chi connectivity index (χ2v) is 4.97. The first kappa shape index (κ1) is 13.4. The minimum absolute atomic E-state index is 0.326. The van der Waals surface area contributed by atoms with Crippen LogP contribution in [0.3, 0.4) is 0 Å². The molecule has 3 heteroatoms. The van der Waals surface area contributed by atoms with E-state index in [1.54, 1.807) is 7.11 Å². The van der Waals surface area contributed by atoms with Crippen LogP contribution in [0.15, 0.2) is 24.3 Å². The Labute approximate surface area is 110 Å². The predicted octanol–water partition coefficient (Wildman–Crippen LogP) is 2.57. The van der Waals surface area contributed by atoms with Crippen LogP contribution in [0.5, 0.6) is 5.75 Å². The van der Waals surface area contributed by atoms with Gasteiger partial charge < -0.3 is 10.5 Å². The molecule has 1 heterocycles. The molecule has 1 aliphatic rings. The van der Waals surface area contributed by atoms with Gasteiger partial charge in [0.2, 0.25) is 0 Å². The summed E-state index contributed by atoms with van der Waals surface area (Å²) in [4.78, 5) is 2.56. The van der Waals surface area contributed by atoms with Gasteiger partial charge in [-0.25, -0.2) is 0 Å². The molecule has 1 fully saturated rings. The number of ether oxygens (including phenoxy) is 1. The summed E-state index contributed by atoms with van der Waals surface area (Å²) in [5, 5.41) is 0. The molecule has 18 heavy (non-hydrogen) atoms. The smallest absolute Gasteiger partial charge is 0.119 e. The maximum atomic E-state index is 6.01. The Morgan fingerprint density at radius 2 is 2.33 bits per heavy atom. The van der Waals surface area contributed by atoms with Crippen molar-refractivity contribution in [1.82, 2.24) is 4.90 Å². The van der Waals surface area contributed by atoms with Crippen LogP contribution in [-0.4, -0.2) is 31.1 Å². The van der Waals surface area contributed by atoms with Crippen molar-refractivity contribution >= 4 is 0 Å². The highest BCUT2D eigenvalue weighted by Crippen LogP contribution is 2.31. The zero-order chi connectivity index (χ0) is 13.0. The Hall–Kier alpha value is -1.06. The number of hydrogen-bond acceptors (Lipinski definition) is 3. The molecule has 2 rings (SSSR count). The van der Waals surface area contributed by atoms with Crippen molar-refractivity contribution in [3.8, 4) is 5.75 Å². The third-order valence-electron chi connectivity index (χ3n) is 4.00. The maximum Gasteiger partial charge on any atom is 0.119 e. The quantitative estimate of drug-likeness (QED) is 0.870. The summed E-state index contributed by atoms with van der Waals surface area (Å²) in [7, 11) is 1.71. The molecule has 2 unspecified atom stereocenters. The molecular formula is C15H24N2O. The normalized spacial score (nSPS) is 22.1. The summed E-state index contributed by atoms with van der Waals surface area (Å²) < 4.78 is 5.31. The van der Waals surface area contributed by atoms with E-state index in [0.717, 1.165) is 12.3 Å². The van der Waals surface area contributed by atoms with Crippen LogP contribution in [-0.2, 0) is 0 Å². The van der Waals surface area contributed by atoms with Gasteiger partial charge in [-0.05, 0) is 43.5 Å². The van der Waals surface area contributed by atoms with Gasteiger partial charge in [-0.3, -0.25) is 4.90 Å². The van der Waals surface area contributed by atoms with E-state index in [1.807, 2.05) is 12.1 Å². The van der Waals surface area contributed by atoms with Crippen LogP contribution in [0.4, 0.5) is 0 Å². The minimum Gasteiger partial charge on any atom is -0.497 e. The van der Waals surface area contributed by atoms with E-state index in [9.17, 15) is 0 Å². The van der Waals surface area contributed by atoms with Crippen molar-refractivity contribution in [2.45, 2.75) is 38.3 Å². The lowest BCUT2D eigenvalue weighted by Crippen LogP contribution is -2.37. The molecular weight excluding hydrogens is 224 g/mol. The molecule has 1 aromatic rings. The Morgan fingerprint density at radius 1 is 1.50 bits per heavy atom. The number of nitrogens with zero attached hydrogens (tertiary/aromatic N) is 1. The average Bonchev–Trinajstić information content (AvgIpc) is 2.88. The fraction of sp³-hybridized carbons (Fsp3) is 0.600. The van der Waals surface area contributed by atoms with Crippen LogP contribution < -0.4 is 10.5 Å². The molecule has 2 N–H and O–H groups in total. The fourth-order valence-corrected chi connectivity index (χ4v) is 3.02. The van der Waals surface area contributed by atoms with E-state index in [4.69, 9.17) is 10.5 Å². The van der Waals surface area contributed by atoms with E-state index < -0.39 is 0 Å². The number of likely N-dealkylation sites (tertiary alicyclic amines) is 1. The fourth-order valence-electron chi connectivity index (χ4n) is 3.02. The van der Waals surface area contributed by atoms with Crippen LogP contribution in [0.2, 0.25) is 0 Å². The molecule has 0 saturated carbocycles. The molecule has 0 bridgehead atoms. The molecule has 1 aliphatic heterocycles. The molecule has 3 nitrogen and oxygen atoms in total. The largest absolute Gasteiger partial charge is 0.497 e. The average molecular weight is 248 g/mol. The van der Waals surface area contributed by atoms with Gasteiger partial charge in [0.25, 0.3) is 0 Å². The van der Waals surface area contributed by atoms with Crippen molar-refractivity contribution < 1.29 is 4.74 Å². The van der Waals surface area contributed by atoms with Gasteiger partial charge in [0.1, 0.15) is 5.75 Å². The number of nitrogens with two attached hydrogens (primary N) is 1. The topological polar surface area (TPSA) is 38.5 Å². The predicted molar refractivity (Wildman–Crippen MR) is 74.8 cm³/mol. The zero-order valence-corrected chi connectivity index (χ0v) is 11.4. The Bertz CT molecular complexity index is 381. The molecule has 0 spiro atoms. The Morgan fingerprint density at radius 3 is 3.00 bits per heavy atom. The van der Waals surface area contributed by atoms with Gasteiger partial charge in [-0.1, -0.05) is 19.1 Å². The number of hydrogen-bond donors (Lipinski definition) is 1. The van der Waals surface area contributed by atoms with Gasteiger partial charge in [0, 0.05) is 18.6 Å².